The average Bonchev–Trinajstić information content (AvgIpc) is 3.13. The fourth-order valence-corrected chi connectivity index (χ4v) is 3.85. The van der Waals surface area contributed by atoms with Crippen LogP contribution in [-0.2, 0) is 16.1 Å². The van der Waals surface area contributed by atoms with Crippen LogP contribution >= 0.6 is 11.8 Å². The molecule has 1 aromatic heterocycles. The molecule has 160 valence electrons. The van der Waals surface area contributed by atoms with Crippen LogP contribution in [0.2, 0.25) is 0 Å². The van der Waals surface area contributed by atoms with Crippen molar-refractivity contribution >= 4 is 40.5 Å². The lowest BCUT2D eigenvalue weighted by molar-refractivity contribution is -0.118. The standard InChI is InChI=1S/C24H19FN4O2S/c25-19-8-10-20(11-9-19)29-23(31)21(13-17-5-2-1-3-6-17)28-24(29)32-16-22(30)27-15-18-7-4-12-26-14-18/h1-14H,15-16H2,(H,27,30)/b21-13-. The lowest BCUT2D eigenvalue weighted by atomic mass is 10.2. The largest absolute Gasteiger partial charge is 0.351 e. The molecule has 0 aliphatic carbocycles. The molecule has 0 fully saturated rings. The summed E-state index contributed by atoms with van der Waals surface area (Å²) < 4.78 is 13.4. The average molecular weight is 447 g/mol. The molecule has 1 aliphatic rings. The maximum Gasteiger partial charge on any atom is 0.283 e. The van der Waals surface area contributed by atoms with Crippen molar-refractivity contribution in [1.29, 1.82) is 0 Å². The van der Waals surface area contributed by atoms with Gasteiger partial charge in [0, 0.05) is 18.9 Å². The van der Waals surface area contributed by atoms with Gasteiger partial charge in [-0.15, -0.1) is 0 Å². The number of anilines is 1. The van der Waals surface area contributed by atoms with E-state index in [9.17, 15) is 14.0 Å². The summed E-state index contributed by atoms with van der Waals surface area (Å²) in [5, 5.41) is 3.19. The molecule has 0 bridgehead atoms. The molecule has 32 heavy (non-hydrogen) atoms. The van der Waals surface area contributed by atoms with E-state index in [2.05, 4.69) is 15.3 Å². The van der Waals surface area contributed by atoms with Gasteiger partial charge in [0.15, 0.2) is 5.17 Å². The maximum absolute atomic E-state index is 13.4. The number of carbonyl (C=O) groups excluding carboxylic acids is 2. The molecule has 2 aromatic carbocycles. The molecule has 3 aromatic rings. The zero-order chi connectivity index (χ0) is 22.3. The Morgan fingerprint density at radius 1 is 1.06 bits per heavy atom. The molecule has 8 heteroatoms. The van der Waals surface area contributed by atoms with Crippen molar-refractivity contribution in [3.05, 3.63) is 102 Å². The Morgan fingerprint density at radius 2 is 1.84 bits per heavy atom. The Bertz CT molecular complexity index is 1170. The minimum Gasteiger partial charge on any atom is -0.351 e. The number of pyridine rings is 1. The van der Waals surface area contributed by atoms with E-state index in [0.717, 1.165) is 22.9 Å². The van der Waals surface area contributed by atoms with Crippen molar-refractivity contribution in [2.45, 2.75) is 6.54 Å². The number of halogens is 1. The highest BCUT2D eigenvalue weighted by atomic mass is 32.2. The number of amides is 2. The van der Waals surface area contributed by atoms with Crippen LogP contribution in [-0.4, -0.2) is 27.7 Å². The van der Waals surface area contributed by atoms with E-state index in [-0.39, 0.29) is 23.3 Å². The lowest BCUT2D eigenvalue weighted by Gasteiger charge is -2.17. The zero-order valence-electron chi connectivity index (χ0n) is 16.9. The predicted octanol–water partition coefficient (Wildman–Crippen LogP) is 4.01. The van der Waals surface area contributed by atoms with Gasteiger partial charge >= 0.3 is 0 Å². The molecule has 0 radical (unpaired) electrons. The highest BCUT2D eigenvalue weighted by Crippen LogP contribution is 2.29. The highest BCUT2D eigenvalue weighted by molar-refractivity contribution is 8.14. The minimum atomic E-state index is -0.402. The second kappa shape index (κ2) is 10.0. The molecule has 0 unspecified atom stereocenters. The number of nitrogens with one attached hydrogen (secondary N) is 1. The third kappa shape index (κ3) is 5.28. The summed E-state index contributed by atoms with van der Waals surface area (Å²) >= 11 is 1.15. The van der Waals surface area contributed by atoms with Gasteiger partial charge in [-0.3, -0.25) is 19.5 Å². The van der Waals surface area contributed by atoms with E-state index in [1.54, 1.807) is 24.5 Å². The predicted molar refractivity (Wildman–Crippen MR) is 124 cm³/mol. The molecule has 2 heterocycles. The normalized spacial score (nSPS) is 14.5. The van der Waals surface area contributed by atoms with Gasteiger partial charge in [-0.2, -0.15) is 0 Å². The second-order valence-electron chi connectivity index (χ2n) is 6.88. The van der Waals surface area contributed by atoms with Crippen molar-refractivity contribution in [3.8, 4) is 0 Å². The number of nitrogens with zero attached hydrogens (tertiary/aromatic N) is 3. The fraction of sp³-hybridized carbons (Fsp3) is 0.0833. The van der Waals surface area contributed by atoms with E-state index in [0.29, 0.717) is 17.4 Å². The van der Waals surface area contributed by atoms with Crippen molar-refractivity contribution in [1.82, 2.24) is 10.3 Å². The molecular weight excluding hydrogens is 427 g/mol. The summed E-state index contributed by atoms with van der Waals surface area (Å²) in [7, 11) is 0. The van der Waals surface area contributed by atoms with Crippen LogP contribution in [0.3, 0.4) is 0 Å². The number of aliphatic imine (C=N–C) groups is 1. The van der Waals surface area contributed by atoms with Crippen LogP contribution in [0.4, 0.5) is 10.1 Å². The third-order valence-electron chi connectivity index (χ3n) is 4.56. The Labute approximate surface area is 188 Å². The third-order valence-corrected chi connectivity index (χ3v) is 5.50. The smallest absolute Gasteiger partial charge is 0.283 e. The summed E-state index contributed by atoms with van der Waals surface area (Å²) in [6, 6.07) is 18.6. The Kier molecular flexibility index (Phi) is 6.72. The monoisotopic (exact) mass is 446 g/mol. The summed E-state index contributed by atoms with van der Waals surface area (Å²) in [4.78, 5) is 35.3. The van der Waals surface area contributed by atoms with Crippen molar-refractivity contribution in [2.75, 3.05) is 10.7 Å². The molecule has 0 saturated heterocycles. The number of benzene rings is 2. The summed E-state index contributed by atoms with van der Waals surface area (Å²) in [5.74, 6) is -0.864. The summed E-state index contributed by atoms with van der Waals surface area (Å²) in [6.45, 7) is 0.361. The highest BCUT2D eigenvalue weighted by Gasteiger charge is 2.32. The van der Waals surface area contributed by atoms with Gasteiger partial charge in [0.25, 0.3) is 5.91 Å². The van der Waals surface area contributed by atoms with Crippen LogP contribution in [0.25, 0.3) is 6.08 Å². The fourth-order valence-electron chi connectivity index (χ4n) is 3.00. The van der Waals surface area contributed by atoms with Gasteiger partial charge in [-0.25, -0.2) is 9.38 Å². The molecule has 1 N–H and O–H groups in total. The van der Waals surface area contributed by atoms with E-state index < -0.39 is 5.82 Å². The SMILES string of the molecule is O=C(CSC1=N/C(=C\c2ccccc2)C(=O)N1c1ccc(F)cc1)NCc1cccnc1. The van der Waals surface area contributed by atoms with Gasteiger partial charge in [0.1, 0.15) is 11.5 Å². The van der Waals surface area contributed by atoms with Gasteiger partial charge in [0.05, 0.1) is 11.4 Å². The van der Waals surface area contributed by atoms with E-state index in [4.69, 9.17) is 0 Å². The molecule has 0 saturated carbocycles. The topological polar surface area (TPSA) is 74.7 Å². The van der Waals surface area contributed by atoms with E-state index in [1.165, 1.54) is 29.2 Å². The molecule has 1 aliphatic heterocycles. The lowest BCUT2D eigenvalue weighted by Crippen LogP contribution is -2.32. The first-order chi connectivity index (χ1) is 15.6. The quantitative estimate of drug-likeness (QED) is 0.581. The van der Waals surface area contributed by atoms with Crippen LogP contribution in [0, 0.1) is 5.82 Å². The summed E-state index contributed by atoms with van der Waals surface area (Å²) in [6.07, 6.45) is 5.04. The van der Waals surface area contributed by atoms with E-state index >= 15 is 0 Å². The molecule has 0 spiro atoms. The zero-order valence-corrected chi connectivity index (χ0v) is 17.8. The first kappa shape index (κ1) is 21.5. The van der Waals surface area contributed by atoms with Crippen molar-refractivity contribution in [2.24, 2.45) is 4.99 Å². The van der Waals surface area contributed by atoms with Gasteiger partial charge < -0.3 is 5.32 Å². The molecular formula is C24H19FN4O2S. The number of hydrogen-bond acceptors (Lipinski definition) is 5. The van der Waals surface area contributed by atoms with Gasteiger partial charge in [-0.05, 0) is 47.5 Å². The van der Waals surface area contributed by atoms with Crippen LogP contribution < -0.4 is 10.2 Å². The number of hydrogen-bond donors (Lipinski definition) is 1. The molecule has 0 atom stereocenters. The number of rotatable bonds is 6. The Hall–Kier alpha value is -3.78. The molecule has 4 rings (SSSR count). The molecule has 2 amide bonds. The van der Waals surface area contributed by atoms with Crippen LogP contribution in [0.1, 0.15) is 11.1 Å². The van der Waals surface area contributed by atoms with Crippen molar-refractivity contribution < 1.29 is 14.0 Å². The van der Waals surface area contributed by atoms with Gasteiger partial charge in [-0.1, -0.05) is 48.2 Å². The Balaban J connectivity index is 1.51. The molecule has 6 nitrogen and oxygen atoms in total. The first-order valence-electron chi connectivity index (χ1n) is 9.84. The minimum absolute atomic E-state index is 0.0721. The van der Waals surface area contributed by atoms with Crippen molar-refractivity contribution in [3.63, 3.8) is 0 Å². The number of carbonyl (C=O) groups is 2. The number of thioether (sulfide) groups is 1. The number of amidine groups is 1. The summed E-state index contributed by atoms with van der Waals surface area (Å²) in [5.41, 5.74) is 2.45. The first-order valence-corrected chi connectivity index (χ1v) is 10.8. The number of aromatic nitrogens is 1. The second-order valence-corrected chi connectivity index (χ2v) is 7.82. The van der Waals surface area contributed by atoms with E-state index in [1.807, 2.05) is 36.4 Å². The van der Waals surface area contributed by atoms with Gasteiger partial charge in [0.2, 0.25) is 5.91 Å². The van der Waals surface area contributed by atoms with Crippen LogP contribution in [0.15, 0.2) is 89.8 Å². The Morgan fingerprint density at radius 3 is 2.56 bits per heavy atom. The van der Waals surface area contributed by atoms with Crippen LogP contribution in [0.5, 0.6) is 0 Å². The maximum atomic E-state index is 13.4.